The first-order valence-electron chi connectivity index (χ1n) is 8.22. The number of nitrogens with one attached hydrogen (secondary N) is 2. The van der Waals surface area contributed by atoms with Crippen LogP contribution in [-0.4, -0.2) is 59.5 Å². The molecule has 1 spiro atoms. The molecule has 4 rings (SSSR count). The smallest absolute Gasteiger partial charge is 0.269 e. The molecule has 0 unspecified atom stereocenters. The van der Waals surface area contributed by atoms with E-state index in [0.29, 0.717) is 18.7 Å². The quantitative estimate of drug-likeness (QED) is 0.303. The van der Waals surface area contributed by atoms with Crippen LogP contribution in [0, 0.1) is 15.5 Å². The van der Waals surface area contributed by atoms with Crippen LogP contribution in [-0.2, 0) is 16.0 Å². The van der Waals surface area contributed by atoms with E-state index in [9.17, 15) is 19.7 Å². The predicted molar refractivity (Wildman–Crippen MR) is 96.7 cm³/mol. The van der Waals surface area contributed by atoms with Crippen molar-refractivity contribution in [3.63, 3.8) is 0 Å². The van der Waals surface area contributed by atoms with Crippen molar-refractivity contribution >= 4 is 40.5 Å². The largest absolute Gasteiger partial charge is 0.364 e. The maximum atomic E-state index is 12.9. The third kappa shape index (κ3) is 2.29. The molecule has 2 saturated heterocycles. The number of nitro groups is 1. The first kappa shape index (κ1) is 16.9. The fourth-order valence-electron chi connectivity index (χ4n) is 4.18. The van der Waals surface area contributed by atoms with E-state index in [1.807, 2.05) is 11.9 Å². The van der Waals surface area contributed by atoms with Crippen LogP contribution in [0.3, 0.4) is 0 Å². The summed E-state index contributed by atoms with van der Waals surface area (Å²) in [7, 11) is 1.94. The zero-order valence-electron chi connectivity index (χ0n) is 14.0. The Hall–Kier alpha value is -2.59. The standard InChI is InChI=1S/C16H17N5O4S/c1-19-4-5-20-11-3-2-10(21(24)25)6-9(11)7-16(12(20)8-19)13(22)17-15(26)18-14(16)23/h2-3,6,12H,4-5,7-8H2,1H3,(H2,17,18,22,23,26)/t12-/m0/s1. The third-order valence-corrected chi connectivity index (χ3v) is 5.67. The molecular formula is C16H17N5O4S. The van der Waals surface area contributed by atoms with Crippen LogP contribution in [0.5, 0.6) is 0 Å². The van der Waals surface area contributed by atoms with Gasteiger partial charge < -0.3 is 20.4 Å². The summed E-state index contributed by atoms with van der Waals surface area (Å²) >= 11 is 4.94. The highest BCUT2D eigenvalue weighted by atomic mass is 32.1. The van der Waals surface area contributed by atoms with Gasteiger partial charge in [-0.3, -0.25) is 19.7 Å². The monoisotopic (exact) mass is 375 g/mol. The summed E-state index contributed by atoms with van der Waals surface area (Å²) in [6.45, 7) is 1.92. The lowest BCUT2D eigenvalue weighted by atomic mass is 9.68. The summed E-state index contributed by atoms with van der Waals surface area (Å²) in [5.74, 6) is -0.901. The number of likely N-dealkylation sites (N-methyl/N-ethyl adjacent to an activating group) is 1. The Kier molecular flexibility index (Phi) is 3.70. The van der Waals surface area contributed by atoms with Crippen LogP contribution in [0.2, 0.25) is 0 Å². The molecule has 0 radical (unpaired) electrons. The first-order chi connectivity index (χ1) is 12.3. The van der Waals surface area contributed by atoms with E-state index in [-0.39, 0.29) is 23.3 Å². The van der Waals surface area contributed by atoms with Crippen LogP contribution >= 0.6 is 12.2 Å². The van der Waals surface area contributed by atoms with Gasteiger partial charge in [-0.15, -0.1) is 0 Å². The summed E-state index contributed by atoms with van der Waals surface area (Å²) in [5.41, 5.74) is 0.0315. The van der Waals surface area contributed by atoms with Crippen molar-refractivity contribution in [2.24, 2.45) is 5.41 Å². The second-order valence-corrected chi connectivity index (χ2v) is 7.34. The number of thiocarbonyl (C=S) groups is 1. The van der Waals surface area contributed by atoms with Crippen molar-refractivity contribution in [1.29, 1.82) is 0 Å². The fourth-order valence-corrected chi connectivity index (χ4v) is 4.37. The minimum Gasteiger partial charge on any atom is -0.364 e. The SMILES string of the molecule is CN1CCN2c3ccc([N+](=O)[O-])cc3CC3(C(=O)NC(=S)NC3=O)[C@@H]2C1. The number of hydrogen-bond donors (Lipinski definition) is 2. The number of carbonyl (C=O) groups is 2. The second-order valence-electron chi connectivity index (χ2n) is 6.93. The second kappa shape index (κ2) is 5.71. The van der Waals surface area contributed by atoms with Crippen LogP contribution in [0.1, 0.15) is 5.56 Å². The molecule has 26 heavy (non-hydrogen) atoms. The molecule has 2 fully saturated rings. The van der Waals surface area contributed by atoms with Gasteiger partial charge in [0.25, 0.3) is 5.69 Å². The summed E-state index contributed by atoms with van der Waals surface area (Å²) in [4.78, 5) is 40.7. The average molecular weight is 375 g/mol. The normalized spacial score (nSPS) is 24.6. The highest BCUT2D eigenvalue weighted by molar-refractivity contribution is 7.80. The highest BCUT2D eigenvalue weighted by Crippen LogP contribution is 2.45. The highest BCUT2D eigenvalue weighted by Gasteiger charge is 2.60. The Morgan fingerprint density at radius 2 is 1.96 bits per heavy atom. The van der Waals surface area contributed by atoms with Crippen LogP contribution < -0.4 is 15.5 Å². The number of anilines is 1. The van der Waals surface area contributed by atoms with E-state index in [1.165, 1.54) is 12.1 Å². The molecule has 3 heterocycles. The van der Waals surface area contributed by atoms with Crippen LogP contribution in [0.25, 0.3) is 0 Å². The van der Waals surface area contributed by atoms with Gasteiger partial charge in [0, 0.05) is 43.9 Å². The number of piperazine rings is 1. The van der Waals surface area contributed by atoms with Gasteiger partial charge in [0.15, 0.2) is 10.5 Å². The summed E-state index contributed by atoms with van der Waals surface area (Å²) < 4.78 is 0. The molecule has 10 heteroatoms. The topological polar surface area (TPSA) is 108 Å². The third-order valence-electron chi connectivity index (χ3n) is 5.47. The van der Waals surface area contributed by atoms with Crippen molar-refractivity contribution < 1.29 is 14.5 Å². The van der Waals surface area contributed by atoms with E-state index in [2.05, 4.69) is 15.5 Å². The van der Waals surface area contributed by atoms with Gasteiger partial charge in [-0.1, -0.05) is 0 Å². The first-order valence-corrected chi connectivity index (χ1v) is 8.63. The molecule has 3 aliphatic heterocycles. The zero-order chi connectivity index (χ0) is 18.6. The van der Waals surface area contributed by atoms with E-state index in [0.717, 1.165) is 12.2 Å². The molecule has 0 bridgehead atoms. The van der Waals surface area contributed by atoms with Crippen molar-refractivity contribution in [3.8, 4) is 0 Å². The van der Waals surface area contributed by atoms with Crippen LogP contribution in [0.15, 0.2) is 18.2 Å². The lowest BCUT2D eigenvalue weighted by molar-refractivity contribution is -0.384. The molecule has 0 saturated carbocycles. The van der Waals surface area contributed by atoms with E-state index in [1.54, 1.807) is 6.07 Å². The van der Waals surface area contributed by atoms with E-state index < -0.39 is 22.2 Å². The number of nitro benzene ring substituents is 1. The molecule has 1 aromatic carbocycles. The van der Waals surface area contributed by atoms with E-state index in [4.69, 9.17) is 12.2 Å². The Labute approximate surface area is 154 Å². The van der Waals surface area contributed by atoms with Crippen molar-refractivity contribution in [2.45, 2.75) is 12.5 Å². The number of non-ortho nitro benzene ring substituents is 1. The minimum absolute atomic E-state index is 0.00817. The Balaban J connectivity index is 1.88. The fraction of sp³-hybridized carbons (Fsp3) is 0.438. The predicted octanol–water partition coefficient (Wildman–Crippen LogP) is -0.211. The van der Waals surface area contributed by atoms with Crippen LogP contribution in [0.4, 0.5) is 11.4 Å². The zero-order valence-corrected chi connectivity index (χ0v) is 14.8. The molecule has 2 N–H and O–H groups in total. The van der Waals surface area contributed by atoms with Gasteiger partial charge in [0.1, 0.15) is 0 Å². The summed E-state index contributed by atoms with van der Waals surface area (Å²) in [5, 5.41) is 16.3. The molecule has 0 aromatic heterocycles. The Morgan fingerprint density at radius 3 is 2.62 bits per heavy atom. The Morgan fingerprint density at radius 1 is 1.27 bits per heavy atom. The number of rotatable bonds is 1. The number of carbonyl (C=O) groups excluding carboxylic acids is 2. The lowest BCUT2D eigenvalue weighted by Gasteiger charge is -2.54. The van der Waals surface area contributed by atoms with Crippen molar-refractivity contribution in [1.82, 2.24) is 15.5 Å². The molecule has 2 amide bonds. The van der Waals surface area contributed by atoms with Gasteiger partial charge in [-0.25, -0.2) is 0 Å². The van der Waals surface area contributed by atoms with Gasteiger partial charge in [0.2, 0.25) is 11.8 Å². The lowest BCUT2D eigenvalue weighted by Crippen LogP contribution is -2.74. The molecule has 136 valence electrons. The van der Waals surface area contributed by atoms with Gasteiger partial charge in [0.05, 0.1) is 11.0 Å². The molecule has 3 aliphatic rings. The summed E-state index contributed by atoms with van der Waals surface area (Å²) in [6, 6.07) is 4.25. The maximum absolute atomic E-state index is 12.9. The molecule has 9 nitrogen and oxygen atoms in total. The minimum atomic E-state index is -1.38. The van der Waals surface area contributed by atoms with E-state index >= 15 is 0 Å². The summed E-state index contributed by atoms with van der Waals surface area (Å²) in [6.07, 6.45) is 0.0965. The van der Waals surface area contributed by atoms with Gasteiger partial charge in [-0.05, 0) is 30.9 Å². The molecular weight excluding hydrogens is 358 g/mol. The number of fused-ring (bicyclic) bond motifs is 4. The molecule has 1 atom stereocenters. The van der Waals surface area contributed by atoms with Gasteiger partial charge in [-0.2, -0.15) is 0 Å². The molecule has 1 aromatic rings. The number of hydrogen-bond acceptors (Lipinski definition) is 7. The van der Waals surface area contributed by atoms with Gasteiger partial charge >= 0.3 is 0 Å². The number of amides is 2. The molecule has 0 aliphatic carbocycles. The van der Waals surface area contributed by atoms with Crippen molar-refractivity contribution in [2.75, 3.05) is 31.6 Å². The maximum Gasteiger partial charge on any atom is 0.269 e. The Bertz CT molecular complexity index is 837. The number of benzene rings is 1. The van der Waals surface area contributed by atoms with Crippen molar-refractivity contribution in [3.05, 3.63) is 33.9 Å². The average Bonchev–Trinajstić information content (AvgIpc) is 2.58. The number of nitrogens with zero attached hydrogens (tertiary/aromatic N) is 3.